The highest BCUT2D eigenvalue weighted by atomic mass is 15.3. The van der Waals surface area contributed by atoms with Gasteiger partial charge in [0.15, 0.2) is 5.65 Å². The maximum atomic E-state index is 4.51. The number of fused-ring (bicyclic) bond motifs is 1. The van der Waals surface area contributed by atoms with Gasteiger partial charge >= 0.3 is 0 Å². The van der Waals surface area contributed by atoms with Crippen molar-refractivity contribution in [1.82, 2.24) is 24.6 Å². The standard InChI is InChI=1S/C21H22N6/c1-26(2)19(16-9-5-3-6-10-16)14-22-20-18-13-25-27(21(18)24-15-23-20)17-11-7-4-8-12-17/h3-13,15,19H,14H2,1-2H3,(H,22,23,24). The molecule has 2 aromatic carbocycles. The molecule has 136 valence electrons. The van der Waals surface area contributed by atoms with Crippen LogP contribution in [0.5, 0.6) is 0 Å². The quantitative estimate of drug-likeness (QED) is 0.571. The lowest BCUT2D eigenvalue weighted by molar-refractivity contribution is 0.311. The summed E-state index contributed by atoms with van der Waals surface area (Å²) in [6.07, 6.45) is 3.40. The molecule has 0 fully saturated rings. The molecular formula is C21H22N6. The van der Waals surface area contributed by atoms with Crippen LogP contribution in [0, 0.1) is 0 Å². The van der Waals surface area contributed by atoms with Crippen LogP contribution in [0.15, 0.2) is 73.2 Å². The van der Waals surface area contributed by atoms with Crippen molar-refractivity contribution in [2.75, 3.05) is 26.0 Å². The van der Waals surface area contributed by atoms with Crippen LogP contribution in [0.2, 0.25) is 0 Å². The van der Waals surface area contributed by atoms with Gasteiger partial charge in [-0.2, -0.15) is 5.10 Å². The van der Waals surface area contributed by atoms with Crippen LogP contribution in [0.25, 0.3) is 16.7 Å². The second-order valence-corrected chi connectivity index (χ2v) is 6.62. The van der Waals surface area contributed by atoms with Gasteiger partial charge in [0.1, 0.15) is 12.1 Å². The number of nitrogens with zero attached hydrogens (tertiary/aromatic N) is 5. The fourth-order valence-corrected chi connectivity index (χ4v) is 3.21. The van der Waals surface area contributed by atoms with E-state index in [9.17, 15) is 0 Å². The van der Waals surface area contributed by atoms with E-state index in [0.717, 1.165) is 29.1 Å². The Bertz CT molecular complexity index is 1010. The third-order valence-corrected chi connectivity index (χ3v) is 4.64. The minimum absolute atomic E-state index is 0.236. The topological polar surface area (TPSA) is 58.9 Å². The van der Waals surface area contributed by atoms with E-state index in [4.69, 9.17) is 0 Å². The van der Waals surface area contributed by atoms with Crippen LogP contribution < -0.4 is 5.32 Å². The van der Waals surface area contributed by atoms with Gasteiger partial charge in [0, 0.05) is 6.54 Å². The fraction of sp³-hybridized carbons (Fsp3) is 0.190. The molecule has 1 N–H and O–H groups in total. The molecule has 0 saturated carbocycles. The average Bonchev–Trinajstić information content (AvgIpc) is 3.14. The molecule has 6 nitrogen and oxygen atoms in total. The summed E-state index contributed by atoms with van der Waals surface area (Å²) in [6.45, 7) is 0.736. The van der Waals surface area contributed by atoms with Crippen molar-refractivity contribution in [2.24, 2.45) is 0 Å². The molecule has 0 aliphatic carbocycles. The molecule has 0 amide bonds. The Hall–Kier alpha value is -3.25. The van der Waals surface area contributed by atoms with Crippen molar-refractivity contribution in [3.8, 4) is 5.69 Å². The Labute approximate surface area is 158 Å². The summed E-state index contributed by atoms with van der Waals surface area (Å²) in [7, 11) is 4.17. The number of aromatic nitrogens is 4. The zero-order chi connectivity index (χ0) is 18.6. The van der Waals surface area contributed by atoms with Crippen molar-refractivity contribution in [3.63, 3.8) is 0 Å². The van der Waals surface area contributed by atoms with Gasteiger partial charge in [-0.05, 0) is 31.8 Å². The Morgan fingerprint density at radius 3 is 2.37 bits per heavy atom. The van der Waals surface area contributed by atoms with Crippen molar-refractivity contribution >= 4 is 16.9 Å². The summed E-state index contributed by atoms with van der Waals surface area (Å²) >= 11 is 0. The van der Waals surface area contributed by atoms with E-state index in [1.165, 1.54) is 5.56 Å². The molecule has 4 rings (SSSR count). The lowest BCUT2D eigenvalue weighted by atomic mass is 10.1. The van der Waals surface area contributed by atoms with Gasteiger partial charge in [0.25, 0.3) is 0 Å². The average molecular weight is 358 g/mol. The van der Waals surface area contributed by atoms with Crippen molar-refractivity contribution in [1.29, 1.82) is 0 Å². The number of nitrogens with one attached hydrogen (secondary N) is 1. The van der Waals surface area contributed by atoms with Crippen LogP contribution in [0.3, 0.4) is 0 Å². The Kier molecular flexibility index (Phi) is 4.80. The third kappa shape index (κ3) is 3.52. The molecule has 0 saturated heterocycles. The molecule has 2 heterocycles. The highest BCUT2D eigenvalue weighted by molar-refractivity contribution is 5.87. The Morgan fingerprint density at radius 2 is 1.67 bits per heavy atom. The molecule has 0 aliphatic heterocycles. The number of hydrogen-bond acceptors (Lipinski definition) is 5. The maximum Gasteiger partial charge on any atom is 0.168 e. The first-order chi connectivity index (χ1) is 13.2. The van der Waals surface area contributed by atoms with E-state index in [2.05, 4.69) is 63.6 Å². The molecule has 0 aliphatic rings. The molecule has 4 aromatic rings. The van der Waals surface area contributed by atoms with Gasteiger partial charge in [0.05, 0.1) is 23.3 Å². The van der Waals surface area contributed by atoms with Crippen LogP contribution in [-0.4, -0.2) is 45.3 Å². The second kappa shape index (κ2) is 7.55. The second-order valence-electron chi connectivity index (χ2n) is 6.62. The first kappa shape index (κ1) is 17.2. The summed E-state index contributed by atoms with van der Waals surface area (Å²) in [5, 5.41) is 8.91. The molecule has 0 spiro atoms. The van der Waals surface area contributed by atoms with Gasteiger partial charge in [-0.25, -0.2) is 14.6 Å². The van der Waals surface area contributed by atoms with Gasteiger partial charge in [-0.15, -0.1) is 0 Å². The summed E-state index contributed by atoms with van der Waals surface area (Å²) in [4.78, 5) is 11.1. The van der Waals surface area contributed by atoms with Crippen LogP contribution in [-0.2, 0) is 0 Å². The molecule has 6 heteroatoms. The van der Waals surface area contributed by atoms with Crippen LogP contribution in [0.4, 0.5) is 5.82 Å². The number of hydrogen-bond donors (Lipinski definition) is 1. The predicted molar refractivity (Wildman–Crippen MR) is 108 cm³/mol. The summed E-state index contributed by atoms with van der Waals surface area (Å²) < 4.78 is 1.84. The number of benzene rings is 2. The summed E-state index contributed by atoms with van der Waals surface area (Å²) in [6, 6.07) is 20.7. The van der Waals surface area contributed by atoms with E-state index in [-0.39, 0.29) is 6.04 Å². The zero-order valence-corrected chi connectivity index (χ0v) is 15.4. The highest BCUT2D eigenvalue weighted by Gasteiger charge is 2.16. The highest BCUT2D eigenvalue weighted by Crippen LogP contribution is 2.23. The smallest absolute Gasteiger partial charge is 0.168 e. The van der Waals surface area contributed by atoms with Crippen molar-refractivity contribution in [2.45, 2.75) is 6.04 Å². The minimum Gasteiger partial charge on any atom is -0.367 e. The first-order valence-corrected chi connectivity index (χ1v) is 8.93. The van der Waals surface area contributed by atoms with Crippen LogP contribution >= 0.6 is 0 Å². The number of para-hydroxylation sites is 1. The maximum absolute atomic E-state index is 4.51. The Balaban J connectivity index is 1.62. The zero-order valence-electron chi connectivity index (χ0n) is 15.4. The number of likely N-dealkylation sites (N-methyl/N-ethyl adjacent to an activating group) is 1. The minimum atomic E-state index is 0.236. The van der Waals surface area contributed by atoms with Crippen molar-refractivity contribution in [3.05, 3.63) is 78.8 Å². The van der Waals surface area contributed by atoms with Crippen LogP contribution in [0.1, 0.15) is 11.6 Å². The normalized spacial score (nSPS) is 12.4. The molecule has 1 unspecified atom stereocenters. The van der Waals surface area contributed by atoms with E-state index < -0.39 is 0 Å². The van der Waals surface area contributed by atoms with E-state index >= 15 is 0 Å². The molecular weight excluding hydrogens is 336 g/mol. The monoisotopic (exact) mass is 358 g/mol. The lowest BCUT2D eigenvalue weighted by Gasteiger charge is -2.25. The van der Waals surface area contributed by atoms with Gasteiger partial charge in [0.2, 0.25) is 0 Å². The molecule has 0 radical (unpaired) electrons. The summed E-state index contributed by atoms with van der Waals surface area (Å²) in [5.41, 5.74) is 3.03. The molecule has 27 heavy (non-hydrogen) atoms. The van der Waals surface area contributed by atoms with E-state index in [1.54, 1.807) is 6.33 Å². The first-order valence-electron chi connectivity index (χ1n) is 8.93. The molecule has 2 aromatic heterocycles. The fourth-order valence-electron chi connectivity index (χ4n) is 3.21. The lowest BCUT2D eigenvalue weighted by Crippen LogP contribution is -2.27. The molecule has 0 bridgehead atoms. The predicted octanol–water partition coefficient (Wildman–Crippen LogP) is 3.53. The third-order valence-electron chi connectivity index (χ3n) is 4.64. The largest absolute Gasteiger partial charge is 0.367 e. The summed E-state index contributed by atoms with van der Waals surface area (Å²) in [5.74, 6) is 0.796. The Morgan fingerprint density at radius 1 is 0.963 bits per heavy atom. The van der Waals surface area contributed by atoms with Gasteiger partial charge in [-0.3, -0.25) is 0 Å². The van der Waals surface area contributed by atoms with E-state index in [1.807, 2.05) is 47.3 Å². The van der Waals surface area contributed by atoms with Crippen molar-refractivity contribution < 1.29 is 0 Å². The van der Waals surface area contributed by atoms with E-state index in [0.29, 0.717) is 0 Å². The number of anilines is 1. The number of rotatable bonds is 6. The van der Waals surface area contributed by atoms with Gasteiger partial charge in [-0.1, -0.05) is 48.5 Å². The molecule has 1 atom stereocenters. The SMILES string of the molecule is CN(C)C(CNc1ncnc2c1cnn2-c1ccccc1)c1ccccc1. The van der Waals surface area contributed by atoms with Gasteiger partial charge < -0.3 is 10.2 Å².